The molecule has 0 radical (unpaired) electrons. The second kappa shape index (κ2) is 5.11. The number of benzene rings is 2. The SMILES string of the molecule is Cc1ccc(Cn2c(=O)c3cc4c(=O)n(C)c(=O)c4cc3c2=O)cc1. The Morgan fingerprint density at radius 1 is 0.720 bits per heavy atom. The molecular weight excluding hydrogens is 320 g/mol. The maximum atomic E-state index is 12.6. The summed E-state index contributed by atoms with van der Waals surface area (Å²) in [6.45, 7) is 2.11. The highest BCUT2D eigenvalue weighted by atomic mass is 16.2. The van der Waals surface area contributed by atoms with Gasteiger partial charge in [-0.05, 0) is 24.6 Å². The van der Waals surface area contributed by atoms with E-state index >= 15 is 0 Å². The molecule has 0 fully saturated rings. The van der Waals surface area contributed by atoms with Crippen LogP contribution in [0.4, 0.5) is 0 Å². The summed E-state index contributed by atoms with van der Waals surface area (Å²) in [6, 6.07) is 10.3. The van der Waals surface area contributed by atoms with Crippen LogP contribution in [-0.2, 0) is 13.6 Å². The molecule has 25 heavy (non-hydrogen) atoms. The number of fused-ring (bicyclic) bond motifs is 2. The molecule has 0 spiro atoms. The lowest BCUT2D eigenvalue weighted by Gasteiger charge is -2.01. The van der Waals surface area contributed by atoms with Gasteiger partial charge in [0.15, 0.2) is 0 Å². The number of aromatic nitrogens is 2. The number of hydrogen-bond donors (Lipinski definition) is 0. The van der Waals surface area contributed by atoms with Gasteiger partial charge in [0.1, 0.15) is 0 Å². The first-order valence-corrected chi connectivity index (χ1v) is 7.80. The fourth-order valence-corrected chi connectivity index (χ4v) is 3.16. The molecule has 4 aromatic rings. The van der Waals surface area contributed by atoms with Crippen LogP contribution in [0.1, 0.15) is 11.1 Å². The average molecular weight is 334 g/mol. The number of nitrogens with zero attached hydrogens (tertiary/aromatic N) is 2. The summed E-state index contributed by atoms with van der Waals surface area (Å²) in [7, 11) is 1.38. The van der Waals surface area contributed by atoms with Gasteiger partial charge < -0.3 is 0 Å². The molecule has 0 saturated heterocycles. The van der Waals surface area contributed by atoms with Crippen LogP contribution >= 0.6 is 0 Å². The third kappa shape index (κ3) is 2.11. The van der Waals surface area contributed by atoms with Gasteiger partial charge in [-0.1, -0.05) is 29.8 Å². The lowest BCUT2D eigenvalue weighted by molar-refractivity contribution is 0.754. The Hall–Kier alpha value is -3.28. The lowest BCUT2D eigenvalue weighted by atomic mass is 10.1. The third-order valence-corrected chi connectivity index (χ3v) is 4.64. The Morgan fingerprint density at radius 3 is 1.64 bits per heavy atom. The normalized spacial score (nSPS) is 11.6. The lowest BCUT2D eigenvalue weighted by Crippen LogP contribution is -2.26. The van der Waals surface area contributed by atoms with Gasteiger partial charge in [-0.2, -0.15) is 0 Å². The molecule has 0 atom stereocenters. The average Bonchev–Trinajstić information content (AvgIpc) is 2.96. The maximum absolute atomic E-state index is 12.6. The molecule has 0 bridgehead atoms. The fraction of sp³-hybridized carbons (Fsp3) is 0.158. The third-order valence-electron chi connectivity index (χ3n) is 4.64. The summed E-state index contributed by atoms with van der Waals surface area (Å²) in [5, 5.41) is 0.689. The van der Waals surface area contributed by atoms with Crippen molar-refractivity contribution in [3.63, 3.8) is 0 Å². The molecule has 0 aliphatic rings. The van der Waals surface area contributed by atoms with Crippen molar-refractivity contribution in [2.24, 2.45) is 7.05 Å². The Morgan fingerprint density at radius 2 is 1.16 bits per heavy atom. The van der Waals surface area contributed by atoms with Crippen LogP contribution in [0.5, 0.6) is 0 Å². The zero-order valence-corrected chi connectivity index (χ0v) is 13.7. The first kappa shape index (κ1) is 15.3. The molecule has 0 aliphatic carbocycles. The van der Waals surface area contributed by atoms with Gasteiger partial charge in [-0.25, -0.2) is 0 Å². The van der Waals surface area contributed by atoms with Crippen molar-refractivity contribution in [1.29, 1.82) is 0 Å². The molecule has 4 rings (SSSR count). The van der Waals surface area contributed by atoms with Gasteiger partial charge in [-0.3, -0.25) is 28.3 Å². The monoisotopic (exact) mass is 334 g/mol. The van der Waals surface area contributed by atoms with Gasteiger partial charge in [0.05, 0.1) is 28.1 Å². The molecule has 0 N–H and O–H groups in total. The van der Waals surface area contributed by atoms with Gasteiger partial charge in [0, 0.05) is 7.05 Å². The number of hydrogen-bond acceptors (Lipinski definition) is 4. The standard InChI is InChI=1S/C19H14N2O4/c1-10-3-5-11(6-4-10)9-21-18(24)14-7-12-13(8-15(14)19(21)25)17(23)20(2)16(12)22/h3-8H,9H2,1-2H3. The molecule has 0 aliphatic heterocycles. The van der Waals surface area contributed by atoms with Crippen LogP contribution in [-0.4, -0.2) is 9.13 Å². The van der Waals surface area contributed by atoms with Crippen LogP contribution in [0.3, 0.4) is 0 Å². The summed E-state index contributed by atoms with van der Waals surface area (Å²) in [5.74, 6) is 0. The molecule has 2 heterocycles. The molecule has 6 heteroatoms. The van der Waals surface area contributed by atoms with Crippen LogP contribution in [0.15, 0.2) is 55.6 Å². The molecule has 2 aromatic heterocycles. The highest BCUT2D eigenvalue weighted by molar-refractivity contribution is 5.97. The topological polar surface area (TPSA) is 78.1 Å². The van der Waals surface area contributed by atoms with E-state index in [9.17, 15) is 19.2 Å². The van der Waals surface area contributed by atoms with E-state index in [0.29, 0.717) is 0 Å². The molecule has 2 aromatic carbocycles. The number of aryl methyl sites for hydroxylation is 1. The van der Waals surface area contributed by atoms with Gasteiger partial charge in [0.2, 0.25) is 0 Å². The van der Waals surface area contributed by atoms with E-state index in [1.807, 2.05) is 31.2 Å². The summed E-state index contributed by atoms with van der Waals surface area (Å²) in [4.78, 5) is 49.5. The van der Waals surface area contributed by atoms with E-state index in [-0.39, 0.29) is 28.1 Å². The van der Waals surface area contributed by atoms with Crippen molar-refractivity contribution >= 4 is 21.5 Å². The van der Waals surface area contributed by atoms with E-state index in [1.54, 1.807) is 0 Å². The zero-order valence-electron chi connectivity index (χ0n) is 13.7. The first-order chi connectivity index (χ1) is 11.9. The Kier molecular flexibility index (Phi) is 3.12. The predicted octanol–water partition coefficient (Wildman–Crippen LogP) is 0.806. The molecule has 0 unspecified atom stereocenters. The van der Waals surface area contributed by atoms with Crippen molar-refractivity contribution in [3.05, 3.63) is 88.9 Å². The van der Waals surface area contributed by atoms with Gasteiger partial charge in [-0.15, -0.1) is 0 Å². The quantitative estimate of drug-likeness (QED) is 0.543. The van der Waals surface area contributed by atoms with Crippen molar-refractivity contribution in [1.82, 2.24) is 9.13 Å². The van der Waals surface area contributed by atoms with Crippen molar-refractivity contribution in [3.8, 4) is 0 Å². The van der Waals surface area contributed by atoms with Crippen molar-refractivity contribution < 1.29 is 0 Å². The Balaban J connectivity index is 2.00. The minimum absolute atomic E-state index is 0.152. The van der Waals surface area contributed by atoms with Crippen molar-refractivity contribution in [2.45, 2.75) is 13.5 Å². The van der Waals surface area contributed by atoms with Crippen LogP contribution in [0.2, 0.25) is 0 Å². The van der Waals surface area contributed by atoms with Crippen LogP contribution in [0, 0.1) is 6.92 Å². The van der Waals surface area contributed by atoms with E-state index < -0.39 is 22.2 Å². The molecule has 0 amide bonds. The second-order valence-electron chi connectivity index (χ2n) is 6.29. The van der Waals surface area contributed by atoms with Gasteiger partial charge in [0.25, 0.3) is 22.2 Å². The Bertz CT molecular complexity index is 1270. The van der Waals surface area contributed by atoms with Crippen molar-refractivity contribution in [2.75, 3.05) is 0 Å². The predicted molar refractivity (Wildman–Crippen MR) is 96.1 cm³/mol. The number of rotatable bonds is 2. The highest BCUT2D eigenvalue weighted by Crippen LogP contribution is 2.14. The molecular formula is C19H14N2O4. The molecule has 0 saturated carbocycles. The smallest absolute Gasteiger partial charge is 0.261 e. The molecule has 124 valence electrons. The minimum Gasteiger partial charge on any atom is -0.277 e. The van der Waals surface area contributed by atoms with Crippen LogP contribution < -0.4 is 22.2 Å². The summed E-state index contributed by atoms with van der Waals surface area (Å²) in [5.41, 5.74) is 0.111. The van der Waals surface area contributed by atoms with E-state index in [1.165, 1.54) is 19.2 Å². The zero-order chi connectivity index (χ0) is 17.9. The summed E-state index contributed by atoms with van der Waals surface area (Å²) >= 11 is 0. The Labute approximate surface area is 140 Å². The summed E-state index contributed by atoms with van der Waals surface area (Å²) in [6.07, 6.45) is 0. The molecule has 6 nitrogen and oxygen atoms in total. The van der Waals surface area contributed by atoms with E-state index in [0.717, 1.165) is 20.3 Å². The largest absolute Gasteiger partial charge is 0.277 e. The first-order valence-electron chi connectivity index (χ1n) is 7.80. The van der Waals surface area contributed by atoms with E-state index in [4.69, 9.17) is 0 Å². The second-order valence-corrected chi connectivity index (χ2v) is 6.29. The maximum Gasteiger partial charge on any atom is 0.261 e. The van der Waals surface area contributed by atoms with Crippen LogP contribution in [0.25, 0.3) is 21.5 Å². The van der Waals surface area contributed by atoms with E-state index in [2.05, 4.69) is 0 Å². The highest BCUT2D eigenvalue weighted by Gasteiger charge is 2.18. The summed E-state index contributed by atoms with van der Waals surface area (Å²) < 4.78 is 2.13. The van der Waals surface area contributed by atoms with Gasteiger partial charge >= 0.3 is 0 Å². The fourth-order valence-electron chi connectivity index (χ4n) is 3.16. The minimum atomic E-state index is -0.458.